The van der Waals surface area contributed by atoms with Crippen LogP contribution in [0.4, 0.5) is 28.8 Å². The molecule has 0 bridgehead atoms. The van der Waals surface area contributed by atoms with Gasteiger partial charge in [0.25, 0.3) is 0 Å². The van der Waals surface area contributed by atoms with Gasteiger partial charge in [-0.05, 0) is 42.5 Å². The average molecular weight is 375 g/mol. The van der Waals surface area contributed by atoms with Gasteiger partial charge >= 0.3 is 0 Å². The lowest BCUT2D eigenvalue weighted by atomic mass is 10.2. The van der Waals surface area contributed by atoms with Crippen LogP contribution in [-0.2, 0) is 0 Å². The first-order valence-electron chi connectivity index (χ1n) is 7.47. The van der Waals surface area contributed by atoms with Crippen molar-refractivity contribution >= 4 is 52.0 Å². The molecule has 1 heterocycles. The Labute approximate surface area is 155 Å². The van der Waals surface area contributed by atoms with Gasteiger partial charge in [-0.1, -0.05) is 23.2 Å². The minimum Gasteiger partial charge on any atom is -0.378 e. The first-order chi connectivity index (χ1) is 12.0. The summed E-state index contributed by atoms with van der Waals surface area (Å²) in [6.45, 7) is 0. The highest BCUT2D eigenvalue weighted by Gasteiger charge is 2.06. The molecule has 8 heteroatoms. The molecule has 0 aliphatic rings. The monoisotopic (exact) mass is 374 g/mol. The molecule has 0 amide bonds. The number of halogens is 2. The van der Waals surface area contributed by atoms with Gasteiger partial charge < -0.3 is 15.5 Å². The van der Waals surface area contributed by atoms with Crippen molar-refractivity contribution in [2.75, 3.05) is 29.6 Å². The number of anilines is 5. The van der Waals surface area contributed by atoms with E-state index in [0.29, 0.717) is 27.5 Å². The van der Waals surface area contributed by atoms with Crippen molar-refractivity contribution in [3.05, 3.63) is 58.7 Å². The van der Waals surface area contributed by atoms with E-state index in [9.17, 15) is 0 Å². The van der Waals surface area contributed by atoms with Crippen LogP contribution in [0.2, 0.25) is 10.0 Å². The highest BCUT2D eigenvalue weighted by atomic mass is 35.5. The topological polar surface area (TPSA) is 66.0 Å². The number of aromatic nitrogens is 3. The molecule has 6 nitrogen and oxygen atoms in total. The molecule has 0 saturated heterocycles. The SMILES string of the molecule is CN(C)c1ccc(Nc2nncc(Nc3cc(Cl)ccc3Cl)n2)cc1. The fraction of sp³-hybridized carbons (Fsp3) is 0.118. The molecule has 3 aromatic rings. The van der Waals surface area contributed by atoms with Crippen LogP contribution in [0.15, 0.2) is 48.7 Å². The molecule has 0 aliphatic heterocycles. The quantitative estimate of drug-likeness (QED) is 0.672. The van der Waals surface area contributed by atoms with Crippen molar-refractivity contribution < 1.29 is 0 Å². The minimum absolute atomic E-state index is 0.376. The summed E-state index contributed by atoms with van der Waals surface area (Å²) in [5.74, 6) is 0.882. The van der Waals surface area contributed by atoms with E-state index in [4.69, 9.17) is 23.2 Å². The molecule has 0 saturated carbocycles. The maximum atomic E-state index is 6.15. The van der Waals surface area contributed by atoms with Gasteiger partial charge in [0, 0.05) is 30.5 Å². The number of hydrogen-bond donors (Lipinski definition) is 2. The average Bonchev–Trinajstić information content (AvgIpc) is 2.59. The van der Waals surface area contributed by atoms with Gasteiger partial charge in [-0.3, -0.25) is 0 Å². The minimum atomic E-state index is 0.376. The lowest BCUT2D eigenvalue weighted by Gasteiger charge is -2.13. The van der Waals surface area contributed by atoms with Crippen molar-refractivity contribution in [2.24, 2.45) is 0 Å². The van der Waals surface area contributed by atoms with Gasteiger partial charge in [0.15, 0.2) is 5.82 Å². The molecule has 25 heavy (non-hydrogen) atoms. The molecule has 0 radical (unpaired) electrons. The van der Waals surface area contributed by atoms with E-state index in [1.165, 1.54) is 6.20 Å². The highest BCUT2D eigenvalue weighted by Crippen LogP contribution is 2.28. The zero-order valence-electron chi connectivity index (χ0n) is 13.7. The largest absolute Gasteiger partial charge is 0.378 e. The summed E-state index contributed by atoms with van der Waals surface area (Å²) in [7, 11) is 3.98. The Kier molecular flexibility index (Phi) is 5.21. The lowest BCUT2D eigenvalue weighted by molar-refractivity contribution is 0.982. The van der Waals surface area contributed by atoms with E-state index in [1.54, 1.807) is 18.2 Å². The number of nitrogens with one attached hydrogen (secondary N) is 2. The van der Waals surface area contributed by atoms with E-state index in [1.807, 2.05) is 43.3 Å². The van der Waals surface area contributed by atoms with E-state index >= 15 is 0 Å². The van der Waals surface area contributed by atoms with Gasteiger partial charge in [0.2, 0.25) is 5.95 Å². The molecule has 0 fully saturated rings. The Hall–Kier alpha value is -2.57. The third kappa shape index (κ3) is 4.49. The highest BCUT2D eigenvalue weighted by molar-refractivity contribution is 6.35. The fourth-order valence-corrected chi connectivity index (χ4v) is 2.46. The molecular weight excluding hydrogens is 359 g/mol. The summed E-state index contributed by atoms with van der Waals surface area (Å²) in [6, 6.07) is 13.1. The second-order valence-electron chi connectivity index (χ2n) is 5.48. The molecule has 128 valence electrons. The van der Waals surface area contributed by atoms with Crippen LogP contribution in [0.5, 0.6) is 0 Å². The zero-order chi connectivity index (χ0) is 17.8. The van der Waals surface area contributed by atoms with Crippen LogP contribution in [0, 0.1) is 0 Å². The van der Waals surface area contributed by atoms with Crippen LogP contribution in [0.3, 0.4) is 0 Å². The van der Waals surface area contributed by atoms with Crippen molar-refractivity contribution in [3.63, 3.8) is 0 Å². The van der Waals surface area contributed by atoms with Crippen LogP contribution < -0.4 is 15.5 Å². The molecule has 0 atom stereocenters. The molecule has 3 rings (SSSR count). The predicted octanol–water partition coefficient (Wildman–Crippen LogP) is 4.73. The van der Waals surface area contributed by atoms with Crippen LogP contribution in [0.1, 0.15) is 0 Å². The Balaban J connectivity index is 1.76. The van der Waals surface area contributed by atoms with E-state index in [2.05, 4.69) is 25.8 Å². The normalized spacial score (nSPS) is 10.4. The maximum Gasteiger partial charge on any atom is 0.249 e. The standard InChI is InChI=1S/C17H16Cl2N6/c1-25(2)13-6-4-12(5-7-13)21-17-23-16(10-20-24-17)22-15-9-11(18)3-8-14(15)19/h3-10H,1-2H3,(H2,21,22,23,24). The molecule has 0 spiro atoms. The van der Waals surface area contributed by atoms with Crippen molar-refractivity contribution in [1.82, 2.24) is 15.2 Å². The first kappa shape index (κ1) is 17.3. The summed E-state index contributed by atoms with van der Waals surface area (Å²) >= 11 is 12.1. The van der Waals surface area contributed by atoms with E-state index < -0.39 is 0 Å². The van der Waals surface area contributed by atoms with Crippen LogP contribution in [0.25, 0.3) is 0 Å². The first-order valence-corrected chi connectivity index (χ1v) is 8.23. The third-order valence-electron chi connectivity index (χ3n) is 3.39. The number of rotatable bonds is 5. The number of hydrogen-bond acceptors (Lipinski definition) is 6. The summed E-state index contributed by atoms with van der Waals surface area (Å²) in [5, 5.41) is 15.3. The molecule has 1 aromatic heterocycles. The zero-order valence-corrected chi connectivity index (χ0v) is 15.2. The van der Waals surface area contributed by atoms with Gasteiger partial charge in [0.05, 0.1) is 16.9 Å². The van der Waals surface area contributed by atoms with Gasteiger partial charge in [-0.2, -0.15) is 10.1 Å². The molecule has 0 aliphatic carbocycles. The summed E-state index contributed by atoms with van der Waals surface area (Å²) in [4.78, 5) is 6.41. The fourth-order valence-electron chi connectivity index (χ4n) is 2.12. The predicted molar refractivity (Wildman–Crippen MR) is 104 cm³/mol. The lowest BCUT2D eigenvalue weighted by Crippen LogP contribution is -2.08. The van der Waals surface area contributed by atoms with Crippen molar-refractivity contribution in [3.8, 4) is 0 Å². The Morgan fingerprint density at radius 1 is 0.960 bits per heavy atom. The van der Waals surface area contributed by atoms with Crippen molar-refractivity contribution in [2.45, 2.75) is 0 Å². The number of nitrogens with zero attached hydrogens (tertiary/aromatic N) is 4. The Morgan fingerprint density at radius 3 is 2.44 bits per heavy atom. The Morgan fingerprint density at radius 2 is 1.72 bits per heavy atom. The summed E-state index contributed by atoms with van der Waals surface area (Å²) < 4.78 is 0. The maximum absolute atomic E-state index is 6.15. The van der Waals surface area contributed by atoms with Gasteiger partial charge in [0.1, 0.15) is 0 Å². The summed E-state index contributed by atoms with van der Waals surface area (Å²) in [6.07, 6.45) is 1.51. The van der Waals surface area contributed by atoms with Gasteiger partial charge in [-0.25, -0.2) is 0 Å². The second kappa shape index (κ2) is 7.55. The molecule has 2 N–H and O–H groups in total. The van der Waals surface area contributed by atoms with E-state index in [0.717, 1.165) is 11.4 Å². The molecule has 2 aromatic carbocycles. The second-order valence-corrected chi connectivity index (χ2v) is 6.32. The smallest absolute Gasteiger partial charge is 0.249 e. The van der Waals surface area contributed by atoms with Crippen LogP contribution >= 0.6 is 23.2 Å². The van der Waals surface area contributed by atoms with E-state index in [-0.39, 0.29) is 0 Å². The third-order valence-corrected chi connectivity index (χ3v) is 3.95. The van der Waals surface area contributed by atoms with Crippen molar-refractivity contribution in [1.29, 1.82) is 0 Å². The van der Waals surface area contributed by atoms with Crippen LogP contribution in [-0.4, -0.2) is 29.3 Å². The number of benzene rings is 2. The molecular formula is C17H16Cl2N6. The molecule has 0 unspecified atom stereocenters. The Bertz CT molecular complexity index is 867. The van der Waals surface area contributed by atoms with Gasteiger partial charge in [-0.15, -0.1) is 5.10 Å². The summed E-state index contributed by atoms with van der Waals surface area (Å²) in [5.41, 5.74) is 2.62.